The maximum atomic E-state index is 12.7. The van der Waals surface area contributed by atoms with E-state index in [4.69, 9.17) is 9.78 Å². The molecule has 2 aromatic rings. The van der Waals surface area contributed by atoms with Gasteiger partial charge in [0.2, 0.25) is 5.89 Å². The molecule has 0 saturated carbocycles. The molecule has 3 rings (SSSR count). The standard InChI is InChI=1S/C15H17N5O2/c1-10-17-14(22-18-10)12-4-3-5-20(9-12)15(21)13-6-11(7-16)8-19(13)2/h6,8,12H,3-5,9H2,1-2H3. The van der Waals surface area contributed by atoms with Crippen LogP contribution in [0.4, 0.5) is 0 Å². The molecule has 1 saturated heterocycles. The van der Waals surface area contributed by atoms with Gasteiger partial charge in [-0.2, -0.15) is 10.2 Å². The number of piperidine rings is 1. The molecule has 22 heavy (non-hydrogen) atoms. The highest BCUT2D eigenvalue weighted by Gasteiger charge is 2.29. The zero-order valence-corrected chi connectivity index (χ0v) is 12.6. The van der Waals surface area contributed by atoms with Gasteiger partial charge in [0.15, 0.2) is 5.82 Å². The van der Waals surface area contributed by atoms with E-state index >= 15 is 0 Å². The fourth-order valence-corrected chi connectivity index (χ4v) is 2.84. The lowest BCUT2D eigenvalue weighted by molar-refractivity contribution is 0.0686. The van der Waals surface area contributed by atoms with E-state index in [-0.39, 0.29) is 11.8 Å². The van der Waals surface area contributed by atoms with Crippen molar-refractivity contribution in [3.63, 3.8) is 0 Å². The van der Waals surface area contributed by atoms with E-state index < -0.39 is 0 Å². The van der Waals surface area contributed by atoms with E-state index in [0.717, 1.165) is 12.8 Å². The minimum absolute atomic E-state index is 0.0649. The van der Waals surface area contributed by atoms with Crippen LogP contribution in [0.25, 0.3) is 0 Å². The average Bonchev–Trinajstić information content (AvgIpc) is 3.12. The van der Waals surface area contributed by atoms with Crippen molar-refractivity contribution in [2.75, 3.05) is 13.1 Å². The number of nitriles is 1. The number of aromatic nitrogens is 3. The van der Waals surface area contributed by atoms with Crippen LogP contribution < -0.4 is 0 Å². The van der Waals surface area contributed by atoms with Crippen LogP contribution in [0.5, 0.6) is 0 Å². The van der Waals surface area contributed by atoms with Crippen molar-refractivity contribution in [2.45, 2.75) is 25.7 Å². The molecule has 0 bridgehead atoms. The van der Waals surface area contributed by atoms with E-state index in [0.29, 0.717) is 36.1 Å². The van der Waals surface area contributed by atoms with Crippen molar-refractivity contribution < 1.29 is 9.32 Å². The first-order valence-electron chi connectivity index (χ1n) is 7.24. The Hall–Kier alpha value is -2.62. The van der Waals surface area contributed by atoms with Crippen molar-refractivity contribution >= 4 is 5.91 Å². The molecule has 0 radical (unpaired) electrons. The van der Waals surface area contributed by atoms with Gasteiger partial charge in [0.1, 0.15) is 11.8 Å². The van der Waals surface area contributed by atoms with Crippen LogP contribution in [0.3, 0.4) is 0 Å². The monoisotopic (exact) mass is 299 g/mol. The van der Waals surface area contributed by atoms with Gasteiger partial charge in [-0.15, -0.1) is 0 Å². The predicted octanol–water partition coefficient (Wildman–Crippen LogP) is 1.61. The minimum Gasteiger partial charge on any atom is -0.345 e. The third-order valence-electron chi connectivity index (χ3n) is 3.95. The highest BCUT2D eigenvalue weighted by Crippen LogP contribution is 2.26. The lowest BCUT2D eigenvalue weighted by Crippen LogP contribution is -2.39. The number of rotatable bonds is 2. The molecule has 1 aliphatic rings. The summed E-state index contributed by atoms with van der Waals surface area (Å²) in [4.78, 5) is 18.7. The second-order valence-corrected chi connectivity index (χ2v) is 5.61. The van der Waals surface area contributed by atoms with Gasteiger partial charge in [-0.05, 0) is 25.8 Å². The van der Waals surface area contributed by atoms with Crippen molar-refractivity contribution in [1.82, 2.24) is 19.6 Å². The van der Waals surface area contributed by atoms with Crippen molar-refractivity contribution in [3.8, 4) is 6.07 Å². The van der Waals surface area contributed by atoms with Crippen LogP contribution in [-0.2, 0) is 7.05 Å². The summed E-state index contributed by atoms with van der Waals surface area (Å²) in [6, 6.07) is 3.69. The number of aryl methyl sites for hydroxylation is 2. The number of amides is 1. The molecule has 0 aromatic carbocycles. The summed E-state index contributed by atoms with van der Waals surface area (Å²) in [6.07, 6.45) is 3.49. The van der Waals surface area contributed by atoms with E-state index in [1.54, 1.807) is 35.7 Å². The molecule has 0 aliphatic carbocycles. The third-order valence-corrected chi connectivity index (χ3v) is 3.95. The van der Waals surface area contributed by atoms with Gasteiger partial charge < -0.3 is 14.0 Å². The minimum atomic E-state index is -0.0649. The van der Waals surface area contributed by atoms with Crippen molar-refractivity contribution in [2.24, 2.45) is 7.05 Å². The summed E-state index contributed by atoms with van der Waals surface area (Å²) in [5.41, 5.74) is 1.02. The Bertz CT molecular complexity index is 739. The molecule has 2 aromatic heterocycles. The lowest BCUT2D eigenvalue weighted by atomic mass is 9.97. The SMILES string of the molecule is Cc1noc(C2CCCN(C(=O)c3cc(C#N)cn3C)C2)n1. The largest absolute Gasteiger partial charge is 0.345 e. The first kappa shape index (κ1) is 14.3. The quantitative estimate of drug-likeness (QED) is 0.840. The number of likely N-dealkylation sites (tertiary alicyclic amines) is 1. The number of hydrogen-bond donors (Lipinski definition) is 0. The van der Waals surface area contributed by atoms with Gasteiger partial charge in [0.25, 0.3) is 5.91 Å². The number of carbonyl (C=O) groups is 1. The van der Waals surface area contributed by atoms with E-state index in [2.05, 4.69) is 16.2 Å². The maximum Gasteiger partial charge on any atom is 0.270 e. The Balaban J connectivity index is 1.78. The van der Waals surface area contributed by atoms with E-state index in [1.165, 1.54) is 0 Å². The van der Waals surface area contributed by atoms with E-state index in [1.807, 2.05) is 0 Å². The Kier molecular flexibility index (Phi) is 3.67. The van der Waals surface area contributed by atoms with Gasteiger partial charge >= 0.3 is 0 Å². The smallest absolute Gasteiger partial charge is 0.270 e. The summed E-state index contributed by atoms with van der Waals surface area (Å²) in [5.74, 6) is 1.22. The molecule has 114 valence electrons. The first-order valence-corrected chi connectivity index (χ1v) is 7.24. The highest BCUT2D eigenvalue weighted by atomic mass is 16.5. The summed E-state index contributed by atoms with van der Waals surface area (Å²) >= 11 is 0. The molecule has 1 atom stereocenters. The van der Waals surface area contributed by atoms with Crippen LogP contribution in [0.15, 0.2) is 16.8 Å². The van der Waals surface area contributed by atoms with Crippen LogP contribution in [-0.4, -0.2) is 38.6 Å². The summed E-state index contributed by atoms with van der Waals surface area (Å²) in [7, 11) is 1.77. The molecular weight excluding hydrogens is 282 g/mol. The first-order chi connectivity index (χ1) is 10.6. The average molecular weight is 299 g/mol. The molecule has 1 amide bonds. The zero-order valence-electron chi connectivity index (χ0n) is 12.6. The van der Waals surface area contributed by atoms with Gasteiger partial charge in [0, 0.05) is 26.3 Å². The molecule has 3 heterocycles. The highest BCUT2D eigenvalue weighted by molar-refractivity contribution is 5.93. The maximum absolute atomic E-state index is 12.7. The Labute approximate surface area is 128 Å². The number of hydrogen-bond acceptors (Lipinski definition) is 5. The molecule has 1 fully saturated rings. The van der Waals surface area contributed by atoms with Crippen LogP contribution >= 0.6 is 0 Å². The number of carbonyl (C=O) groups excluding carboxylic acids is 1. The molecule has 0 N–H and O–H groups in total. The lowest BCUT2D eigenvalue weighted by Gasteiger charge is -2.31. The van der Waals surface area contributed by atoms with Crippen LogP contribution in [0, 0.1) is 18.3 Å². The number of nitrogens with zero attached hydrogens (tertiary/aromatic N) is 5. The topological polar surface area (TPSA) is 88.0 Å². The van der Waals surface area contributed by atoms with Gasteiger partial charge in [-0.25, -0.2) is 0 Å². The molecule has 0 spiro atoms. The van der Waals surface area contributed by atoms with Crippen LogP contribution in [0.2, 0.25) is 0 Å². The Morgan fingerprint density at radius 3 is 3.00 bits per heavy atom. The second-order valence-electron chi connectivity index (χ2n) is 5.61. The normalized spacial score (nSPS) is 18.2. The molecule has 1 unspecified atom stereocenters. The second kappa shape index (κ2) is 5.64. The van der Waals surface area contributed by atoms with Crippen LogP contribution in [0.1, 0.15) is 46.5 Å². The third kappa shape index (κ3) is 2.60. The fourth-order valence-electron chi connectivity index (χ4n) is 2.84. The Morgan fingerprint density at radius 1 is 1.55 bits per heavy atom. The molecular formula is C15H17N5O2. The van der Waals surface area contributed by atoms with Gasteiger partial charge in [-0.1, -0.05) is 5.16 Å². The predicted molar refractivity (Wildman–Crippen MR) is 77.0 cm³/mol. The summed E-state index contributed by atoms with van der Waals surface area (Å²) < 4.78 is 6.93. The fraction of sp³-hybridized carbons (Fsp3) is 0.467. The zero-order chi connectivity index (χ0) is 15.7. The Morgan fingerprint density at radius 2 is 2.36 bits per heavy atom. The summed E-state index contributed by atoms with van der Waals surface area (Å²) in [5, 5.41) is 12.8. The summed E-state index contributed by atoms with van der Waals surface area (Å²) in [6.45, 7) is 3.05. The van der Waals surface area contributed by atoms with E-state index in [9.17, 15) is 4.79 Å². The van der Waals surface area contributed by atoms with Gasteiger partial charge in [0.05, 0.1) is 11.5 Å². The molecule has 7 heteroatoms. The molecule has 1 aliphatic heterocycles. The van der Waals surface area contributed by atoms with Crippen molar-refractivity contribution in [3.05, 3.63) is 35.2 Å². The van der Waals surface area contributed by atoms with Crippen molar-refractivity contribution in [1.29, 1.82) is 5.26 Å². The van der Waals surface area contributed by atoms with Gasteiger partial charge in [-0.3, -0.25) is 4.79 Å². The molecule has 7 nitrogen and oxygen atoms in total.